The predicted molar refractivity (Wildman–Crippen MR) is 91.7 cm³/mol. The molecule has 0 unspecified atom stereocenters. The Morgan fingerprint density at radius 3 is 2.65 bits per heavy atom. The van der Waals surface area contributed by atoms with Gasteiger partial charge in [-0.3, -0.25) is 9.59 Å². The molecule has 1 aliphatic heterocycles. The zero-order chi connectivity index (χ0) is 18.7. The van der Waals surface area contributed by atoms with E-state index in [1.807, 2.05) is 0 Å². The maximum Gasteiger partial charge on any atom is 0.271 e. The van der Waals surface area contributed by atoms with Gasteiger partial charge in [-0.1, -0.05) is 18.2 Å². The first-order valence-electron chi connectivity index (χ1n) is 8.24. The van der Waals surface area contributed by atoms with E-state index >= 15 is 0 Å². The number of nitrogens with one attached hydrogen (secondary N) is 3. The molecule has 1 fully saturated rings. The largest absolute Gasteiger partial charge is 0.483 e. The van der Waals surface area contributed by atoms with Crippen LogP contribution in [-0.2, 0) is 4.74 Å². The first-order valence-corrected chi connectivity index (χ1v) is 8.24. The quantitative estimate of drug-likeness (QED) is 0.731. The summed E-state index contributed by atoms with van der Waals surface area (Å²) in [5.41, 5.74) is 0.645. The topological polar surface area (TPSA) is 92.5 Å². The van der Waals surface area contributed by atoms with Gasteiger partial charge in [-0.15, -0.1) is 0 Å². The lowest BCUT2D eigenvalue weighted by Crippen LogP contribution is -2.48. The Labute approximate surface area is 149 Å². The van der Waals surface area contributed by atoms with Crippen LogP contribution >= 0.6 is 0 Å². The number of amides is 2. The molecule has 3 rings (SSSR count). The highest BCUT2D eigenvalue weighted by Crippen LogP contribution is 2.28. The number of halogens is 1. The van der Waals surface area contributed by atoms with Crippen LogP contribution in [0.1, 0.15) is 39.6 Å². The second kappa shape index (κ2) is 7.57. The van der Waals surface area contributed by atoms with Crippen molar-refractivity contribution in [3.63, 3.8) is 0 Å². The molecule has 0 radical (unpaired) electrons. The fourth-order valence-electron chi connectivity index (χ4n) is 2.59. The monoisotopic (exact) mass is 361 g/mol. The molecule has 2 amide bonds. The molecule has 1 saturated heterocycles. The molecule has 0 bridgehead atoms. The van der Waals surface area contributed by atoms with Crippen LogP contribution in [0.2, 0.25) is 0 Å². The van der Waals surface area contributed by atoms with E-state index in [-0.39, 0.29) is 29.1 Å². The van der Waals surface area contributed by atoms with E-state index in [1.54, 1.807) is 25.1 Å². The molecule has 1 aromatic heterocycles. The Bertz CT molecular complexity index is 817. The van der Waals surface area contributed by atoms with Gasteiger partial charge in [0.25, 0.3) is 11.8 Å². The third kappa shape index (κ3) is 3.70. The molecule has 0 aliphatic carbocycles. The number of hydrogen-bond donors (Lipinski definition) is 3. The Balaban J connectivity index is 1.83. The summed E-state index contributed by atoms with van der Waals surface area (Å²) >= 11 is 0. The molecule has 1 atom stereocenters. The van der Waals surface area contributed by atoms with Gasteiger partial charge in [-0.05, 0) is 13.0 Å². The number of benzene rings is 1. The van der Waals surface area contributed by atoms with Crippen LogP contribution in [0.25, 0.3) is 0 Å². The number of rotatable bonds is 6. The van der Waals surface area contributed by atoms with Crippen molar-refractivity contribution in [2.45, 2.75) is 19.1 Å². The molecule has 2 aromatic rings. The minimum absolute atomic E-state index is 0.0454. The van der Waals surface area contributed by atoms with Crippen LogP contribution in [0.3, 0.4) is 0 Å². The predicted octanol–water partition coefficient (Wildman–Crippen LogP) is 1.78. The van der Waals surface area contributed by atoms with E-state index in [9.17, 15) is 14.0 Å². The normalized spacial score (nSPS) is 15.0. The number of carbonyl (C=O) groups is 2. The van der Waals surface area contributed by atoms with E-state index < -0.39 is 17.8 Å². The standard InChI is InChI=1S/C18H20FN3O4/c1-10(12-5-3-4-6-13(12)19)26-15-7-14(22-16(15)18(24)20-2)17(23)21-11-8-25-9-11/h3-7,10-11,22H,8-9H2,1-2H3,(H,20,24)(H,21,23)/t10-/m0/s1. The van der Waals surface area contributed by atoms with Crippen molar-refractivity contribution >= 4 is 11.8 Å². The van der Waals surface area contributed by atoms with E-state index in [1.165, 1.54) is 19.2 Å². The van der Waals surface area contributed by atoms with Crippen LogP contribution in [-0.4, -0.2) is 43.1 Å². The van der Waals surface area contributed by atoms with Gasteiger partial charge < -0.3 is 25.1 Å². The van der Waals surface area contributed by atoms with E-state index in [0.29, 0.717) is 18.8 Å². The number of H-pyrrole nitrogens is 1. The Morgan fingerprint density at radius 1 is 1.31 bits per heavy atom. The molecule has 138 valence electrons. The van der Waals surface area contributed by atoms with E-state index in [0.717, 1.165) is 0 Å². The van der Waals surface area contributed by atoms with Gasteiger partial charge in [0.1, 0.15) is 23.3 Å². The summed E-state index contributed by atoms with van der Waals surface area (Å²) in [6.45, 7) is 2.59. The van der Waals surface area contributed by atoms with Gasteiger partial charge in [-0.25, -0.2) is 4.39 Å². The average Bonchev–Trinajstić information content (AvgIpc) is 3.01. The first kappa shape index (κ1) is 17.9. The molecule has 7 nitrogen and oxygen atoms in total. The van der Waals surface area contributed by atoms with Crippen LogP contribution < -0.4 is 15.4 Å². The van der Waals surface area contributed by atoms with Crippen molar-refractivity contribution in [3.05, 3.63) is 53.1 Å². The van der Waals surface area contributed by atoms with Crippen LogP contribution in [0.4, 0.5) is 4.39 Å². The lowest BCUT2D eigenvalue weighted by Gasteiger charge is -2.26. The molecular formula is C18H20FN3O4. The van der Waals surface area contributed by atoms with Crippen molar-refractivity contribution in [2.75, 3.05) is 20.3 Å². The van der Waals surface area contributed by atoms with E-state index in [4.69, 9.17) is 9.47 Å². The maximum absolute atomic E-state index is 13.9. The van der Waals surface area contributed by atoms with Gasteiger partial charge in [0, 0.05) is 18.7 Å². The number of ether oxygens (including phenoxy) is 2. The smallest absolute Gasteiger partial charge is 0.271 e. The lowest BCUT2D eigenvalue weighted by molar-refractivity contribution is -0.00354. The minimum Gasteiger partial charge on any atom is -0.483 e. The SMILES string of the molecule is CNC(=O)c1[nH]c(C(=O)NC2COC2)cc1O[C@@H](C)c1ccccc1F. The molecule has 0 saturated carbocycles. The molecular weight excluding hydrogens is 341 g/mol. The maximum atomic E-state index is 13.9. The molecule has 8 heteroatoms. The fourth-order valence-corrected chi connectivity index (χ4v) is 2.59. The highest BCUT2D eigenvalue weighted by Gasteiger charge is 2.25. The van der Waals surface area contributed by atoms with Crippen molar-refractivity contribution in [3.8, 4) is 5.75 Å². The van der Waals surface area contributed by atoms with Crippen molar-refractivity contribution in [1.29, 1.82) is 0 Å². The minimum atomic E-state index is -0.647. The van der Waals surface area contributed by atoms with Gasteiger partial charge >= 0.3 is 0 Å². The molecule has 1 aromatic carbocycles. The van der Waals surface area contributed by atoms with Crippen LogP contribution in [0.15, 0.2) is 30.3 Å². The number of aromatic nitrogens is 1. The summed E-state index contributed by atoms with van der Waals surface area (Å²) in [6.07, 6.45) is -0.647. The zero-order valence-corrected chi connectivity index (χ0v) is 14.5. The van der Waals surface area contributed by atoms with Gasteiger partial charge in [0.2, 0.25) is 0 Å². The average molecular weight is 361 g/mol. The zero-order valence-electron chi connectivity index (χ0n) is 14.5. The van der Waals surface area contributed by atoms with Gasteiger partial charge in [-0.2, -0.15) is 0 Å². The van der Waals surface area contributed by atoms with Gasteiger partial charge in [0.15, 0.2) is 5.75 Å². The molecule has 3 N–H and O–H groups in total. The third-order valence-electron chi connectivity index (χ3n) is 4.10. The highest BCUT2D eigenvalue weighted by molar-refractivity contribution is 5.99. The van der Waals surface area contributed by atoms with Crippen LogP contribution in [0.5, 0.6) is 5.75 Å². The van der Waals surface area contributed by atoms with Crippen LogP contribution in [0, 0.1) is 5.82 Å². The molecule has 0 spiro atoms. The summed E-state index contributed by atoms with van der Waals surface area (Å²) in [5, 5.41) is 5.27. The lowest BCUT2D eigenvalue weighted by atomic mass is 10.1. The molecule has 1 aliphatic rings. The summed E-state index contributed by atoms with van der Waals surface area (Å²) in [4.78, 5) is 27.2. The Kier molecular flexibility index (Phi) is 5.22. The van der Waals surface area contributed by atoms with Crippen molar-refractivity contribution < 1.29 is 23.5 Å². The fraction of sp³-hybridized carbons (Fsp3) is 0.333. The summed E-state index contributed by atoms with van der Waals surface area (Å²) in [7, 11) is 1.47. The number of carbonyl (C=O) groups excluding carboxylic acids is 2. The highest BCUT2D eigenvalue weighted by atomic mass is 19.1. The number of hydrogen-bond acceptors (Lipinski definition) is 4. The molecule has 2 heterocycles. The Morgan fingerprint density at radius 2 is 2.04 bits per heavy atom. The van der Waals surface area contributed by atoms with Crippen molar-refractivity contribution in [1.82, 2.24) is 15.6 Å². The number of aromatic amines is 1. The summed E-state index contributed by atoms with van der Waals surface area (Å²) < 4.78 is 24.7. The second-order valence-corrected chi connectivity index (χ2v) is 5.99. The summed E-state index contributed by atoms with van der Waals surface area (Å²) in [6, 6.07) is 7.63. The summed E-state index contributed by atoms with van der Waals surface area (Å²) in [5.74, 6) is -1.03. The molecule has 26 heavy (non-hydrogen) atoms. The second-order valence-electron chi connectivity index (χ2n) is 5.99. The van der Waals surface area contributed by atoms with Crippen molar-refractivity contribution in [2.24, 2.45) is 0 Å². The third-order valence-corrected chi connectivity index (χ3v) is 4.10. The Hall–Kier alpha value is -2.87. The van der Waals surface area contributed by atoms with E-state index in [2.05, 4.69) is 15.6 Å². The first-order chi connectivity index (χ1) is 12.5. The van der Waals surface area contributed by atoms with Gasteiger partial charge in [0.05, 0.1) is 19.3 Å².